The van der Waals surface area contributed by atoms with Gasteiger partial charge in [0.15, 0.2) is 0 Å². The van der Waals surface area contributed by atoms with E-state index >= 15 is 0 Å². The van der Waals surface area contributed by atoms with Gasteiger partial charge in [-0.15, -0.1) is 0 Å². The number of aromatic nitrogens is 1. The summed E-state index contributed by atoms with van der Waals surface area (Å²) in [6.45, 7) is 2.20. The molecule has 0 radical (unpaired) electrons. The predicted molar refractivity (Wildman–Crippen MR) is 69.9 cm³/mol. The minimum Gasteiger partial charge on any atom is -0.481 e. The third kappa shape index (κ3) is 4.57. The van der Waals surface area contributed by atoms with Crippen molar-refractivity contribution in [3.63, 3.8) is 0 Å². The fourth-order valence-corrected chi connectivity index (χ4v) is 1.63. The third-order valence-corrected chi connectivity index (χ3v) is 2.86. The van der Waals surface area contributed by atoms with Crippen LogP contribution in [-0.4, -0.2) is 40.0 Å². The second-order valence-corrected chi connectivity index (χ2v) is 4.40. The first kappa shape index (κ1) is 14.9. The Kier molecular flexibility index (Phi) is 5.29. The molecule has 1 aromatic rings. The molecule has 1 rings (SSSR count). The molecule has 0 spiro atoms. The van der Waals surface area contributed by atoms with Gasteiger partial charge in [0.05, 0.1) is 6.42 Å². The average molecular weight is 266 g/mol. The topological polar surface area (TPSA) is 79.6 Å². The largest absolute Gasteiger partial charge is 0.481 e. The second-order valence-electron chi connectivity index (χ2n) is 4.40. The van der Waals surface area contributed by atoms with Gasteiger partial charge in [0.25, 0.3) is 5.56 Å². The molecule has 6 nitrogen and oxygen atoms in total. The molecule has 1 aromatic heterocycles. The highest BCUT2D eigenvalue weighted by atomic mass is 16.4. The van der Waals surface area contributed by atoms with Gasteiger partial charge >= 0.3 is 5.97 Å². The second kappa shape index (κ2) is 6.72. The molecule has 0 atom stereocenters. The molecule has 19 heavy (non-hydrogen) atoms. The van der Waals surface area contributed by atoms with E-state index in [0.29, 0.717) is 12.1 Å². The molecule has 6 heteroatoms. The van der Waals surface area contributed by atoms with Gasteiger partial charge in [-0.2, -0.15) is 0 Å². The molecule has 0 unspecified atom stereocenters. The van der Waals surface area contributed by atoms with Crippen LogP contribution < -0.4 is 5.56 Å². The number of carboxylic acid groups (broad SMARTS) is 1. The van der Waals surface area contributed by atoms with Gasteiger partial charge in [-0.3, -0.25) is 14.4 Å². The lowest BCUT2D eigenvalue weighted by molar-refractivity contribution is -0.138. The number of nitrogens with zero attached hydrogens (tertiary/aromatic N) is 2. The van der Waals surface area contributed by atoms with Crippen molar-refractivity contribution in [2.24, 2.45) is 0 Å². The van der Waals surface area contributed by atoms with Crippen LogP contribution in [0.3, 0.4) is 0 Å². The van der Waals surface area contributed by atoms with Crippen LogP contribution in [0.25, 0.3) is 0 Å². The van der Waals surface area contributed by atoms with Crippen molar-refractivity contribution in [2.45, 2.75) is 26.3 Å². The minimum atomic E-state index is -0.936. The normalized spacial score (nSPS) is 10.2. The summed E-state index contributed by atoms with van der Waals surface area (Å²) in [6, 6.07) is 3.48. The van der Waals surface area contributed by atoms with E-state index in [1.165, 1.54) is 9.47 Å². The highest BCUT2D eigenvalue weighted by Crippen LogP contribution is 1.97. The summed E-state index contributed by atoms with van der Waals surface area (Å²) in [5, 5.41) is 8.54. The standard InChI is InChI=1S/C13H18N2O4/c1-10-4-3-7-15(13(10)19)9-5-11(16)14(2)8-6-12(17)18/h3-4,7H,5-6,8-9H2,1-2H3,(H,17,18). The lowest BCUT2D eigenvalue weighted by Crippen LogP contribution is -2.31. The number of hydrogen-bond acceptors (Lipinski definition) is 3. The Balaban J connectivity index is 2.52. The van der Waals surface area contributed by atoms with E-state index in [2.05, 4.69) is 0 Å². The molecule has 1 heterocycles. The smallest absolute Gasteiger partial charge is 0.305 e. The van der Waals surface area contributed by atoms with Crippen molar-refractivity contribution in [3.05, 3.63) is 34.2 Å². The molecule has 0 aromatic carbocycles. The molecule has 0 fully saturated rings. The van der Waals surface area contributed by atoms with Gasteiger partial charge in [-0.25, -0.2) is 0 Å². The quantitative estimate of drug-likeness (QED) is 0.812. The highest BCUT2D eigenvalue weighted by molar-refractivity contribution is 5.76. The molecule has 0 aliphatic heterocycles. The van der Waals surface area contributed by atoms with Gasteiger partial charge in [0.1, 0.15) is 0 Å². The number of carboxylic acids is 1. The maximum absolute atomic E-state index is 11.7. The van der Waals surface area contributed by atoms with Crippen LogP contribution in [0.15, 0.2) is 23.1 Å². The molecule has 1 amide bonds. The molecule has 1 N–H and O–H groups in total. The number of rotatable bonds is 6. The molecule has 0 bridgehead atoms. The van der Waals surface area contributed by atoms with E-state index in [1.807, 2.05) is 0 Å². The van der Waals surface area contributed by atoms with Crippen LogP contribution in [0.2, 0.25) is 0 Å². The van der Waals surface area contributed by atoms with Crippen molar-refractivity contribution in [1.82, 2.24) is 9.47 Å². The zero-order chi connectivity index (χ0) is 14.4. The monoisotopic (exact) mass is 266 g/mol. The highest BCUT2D eigenvalue weighted by Gasteiger charge is 2.10. The summed E-state index contributed by atoms with van der Waals surface area (Å²) >= 11 is 0. The third-order valence-electron chi connectivity index (χ3n) is 2.86. The van der Waals surface area contributed by atoms with Crippen LogP contribution in [0.1, 0.15) is 18.4 Å². The van der Waals surface area contributed by atoms with E-state index in [-0.39, 0.29) is 30.9 Å². The van der Waals surface area contributed by atoms with Crippen LogP contribution in [0.5, 0.6) is 0 Å². The van der Waals surface area contributed by atoms with E-state index in [4.69, 9.17) is 5.11 Å². The molecule has 0 saturated carbocycles. The Labute approximate surface area is 111 Å². The number of pyridine rings is 1. The molecule has 0 aliphatic rings. The fraction of sp³-hybridized carbons (Fsp3) is 0.462. The van der Waals surface area contributed by atoms with Gasteiger partial charge in [-0.1, -0.05) is 6.07 Å². The van der Waals surface area contributed by atoms with Crippen LogP contribution in [-0.2, 0) is 16.1 Å². The first-order valence-electron chi connectivity index (χ1n) is 6.03. The SMILES string of the molecule is Cc1cccn(CCC(=O)N(C)CCC(=O)O)c1=O. The fourth-order valence-electron chi connectivity index (χ4n) is 1.63. The Morgan fingerprint density at radius 3 is 2.68 bits per heavy atom. The van der Waals surface area contributed by atoms with E-state index < -0.39 is 5.97 Å². The van der Waals surface area contributed by atoms with E-state index in [0.717, 1.165) is 0 Å². The van der Waals surface area contributed by atoms with Gasteiger partial charge in [-0.05, 0) is 13.0 Å². The number of carbonyl (C=O) groups is 2. The summed E-state index contributed by atoms with van der Waals surface area (Å²) in [7, 11) is 1.56. The Hall–Kier alpha value is -2.11. The van der Waals surface area contributed by atoms with Crippen molar-refractivity contribution in [1.29, 1.82) is 0 Å². The molecular formula is C13H18N2O4. The maximum atomic E-state index is 11.7. The van der Waals surface area contributed by atoms with Crippen LogP contribution >= 0.6 is 0 Å². The van der Waals surface area contributed by atoms with Crippen molar-refractivity contribution in [2.75, 3.05) is 13.6 Å². The number of carbonyl (C=O) groups excluding carboxylic acids is 1. The van der Waals surface area contributed by atoms with Crippen molar-refractivity contribution in [3.8, 4) is 0 Å². The lowest BCUT2D eigenvalue weighted by atomic mass is 10.3. The Morgan fingerprint density at radius 1 is 1.37 bits per heavy atom. The predicted octanol–water partition coefficient (Wildman–Crippen LogP) is 0.480. The maximum Gasteiger partial charge on any atom is 0.305 e. The number of aryl methyl sites for hydroxylation is 2. The summed E-state index contributed by atoms with van der Waals surface area (Å²) in [6.07, 6.45) is 1.74. The number of hydrogen-bond donors (Lipinski definition) is 1. The molecule has 0 saturated heterocycles. The molecule has 104 valence electrons. The summed E-state index contributed by atoms with van der Waals surface area (Å²) in [4.78, 5) is 35.2. The summed E-state index contributed by atoms with van der Waals surface area (Å²) < 4.78 is 1.48. The molecular weight excluding hydrogens is 248 g/mol. The minimum absolute atomic E-state index is 0.0768. The van der Waals surface area contributed by atoms with Crippen LogP contribution in [0, 0.1) is 6.92 Å². The summed E-state index contributed by atoms with van der Waals surface area (Å²) in [5.74, 6) is -1.11. The van der Waals surface area contributed by atoms with Gasteiger partial charge in [0.2, 0.25) is 5.91 Å². The zero-order valence-electron chi connectivity index (χ0n) is 11.1. The number of aliphatic carboxylic acids is 1. The first-order valence-corrected chi connectivity index (χ1v) is 6.03. The van der Waals surface area contributed by atoms with Crippen molar-refractivity contribution >= 4 is 11.9 Å². The lowest BCUT2D eigenvalue weighted by Gasteiger charge is -2.16. The van der Waals surface area contributed by atoms with Gasteiger partial charge < -0.3 is 14.6 Å². The van der Waals surface area contributed by atoms with Crippen molar-refractivity contribution < 1.29 is 14.7 Å². The molecule has 0 aliphatic carbocycles. The zero-order valence-corrected chi connectivity index (χ0v) is 11.1. The van der Waals surface area contributed by atoms with Gasteiger partial charge in [0, 0.05) is 38.3 Å². The first-order chi connectivity index (χ1) is 8.91. The average Bonchev–Trinajstić information content (AvgIpc) is 2.37. The Morgan fingerprint density at radius 2 is 2.05 bits per heavy atom. The number of amides is 1. The summed E-state index contributed by atoms with van der Waals surface area (Å²) in [5.41, 5.74) is 0.526. The Bertz CT molecular complexity index is 522. The van der Waals surface area contributed by atoms with E-state index in [9.17, 15) is 14.4 Å². The van der Waals surface area contributed by atoms with Crippen LogP contribution in [0.4, 0.5) is 0 Å². The van der Waals surface area contributed by atoms with E-state index in [1.54, 1.807) is 32.3 Å².